The Morgan fingerprint density at radius 3 is 2.91 bits per heavy atom. The zero-order valence-electron chi connectivity index (χ0n) is 12.5. The van der Waals surface area contributed by atoms with Gasteiger partial charge in [0.15, 0.2) is 0 Å². The minimum atomic E-state index is 0.515. The van der Waals surface area contributed by atoms with Crippen molar-refractivity contribution in [1.29, 1.82) is 0 Å². The molecule has 0 aliphatic carbocycles. The Kier molecular flexibility index (Phi) is 4.14. The lowest BCUT2D eigenvalue weighted by molar-refractivity contribution is 0.0342. The first kappa shape index (κ1) is 14.5. The van der Waals surface area contributed by atoms with Crippen LogP contribution in [0.3, 0.4) is 0 Å². The van der Waals surface area contributed by atoms with Gasteiger partial charge >= 0.3 is 0 Å². The molecule has 1 aromatic carbocycles. The van der Waals surface area contributed by atoms with Crippen LogP contribution in [0.2, 0.25) is 0 Å². The van der Waals surface area contributed by atoms with Gasteiger partial charge in [-0.25, -0.2) is 4.37 Å². The molecular formula is C16H16N4O2S. The highest BCUT2D eigenvalue weighted by Gasteiger charge is 2.14. The van der Waals surface area contributed by atoms with Crippen molar-refractivity contribution in [2.45, 2.75) is 6.54 Å². The third-order valence-corrected chi connectivity index (χ3v) is 4.50. The first-order chi connectivity index (χ1) is 11.4. The van der Waals surface area contributed by atoms with Gasteiger partial charge in [-0.05, 0) is 29.2 Å². The van der Waals surface area contributed by atoms with Gasteiger partial charge in [0.05, 0.1) is 13.2 Å². The van der Waals surface area contributed by atoms with E-state index in [0.717, 1.165) is 43.3 Å². The van der Waals surface area contributed by atoms with E-state index in [2.05, 4.69) is 31.5 Å². The van der Waals surface area contributed by atoms with Crippen molar-refractivity contribution in [3.63, 3.8) is 0 Å². The lowest BCUT2D eigenvalue weighted by Crippen LogP contribution is -2.35. The molecule has 1 aliphatic rings. The number of aromatic nitrogens is 3. The monoisotopic (exact) mass is 328 g/mol. The van der Waals surface area contributed by atoms with Gasteiger partial charge in [0.1, 0.15) is 4.88 Å². The van der Waals surface area contributed by atoms with Crippen LogP contribution < -0.4 is 0 Å². The summed E-state index contributed by atoms with van der Waals surface area (Å²) in [6.07, 6.45) is 1.73. The van der Waals surface area contributed by atoms with Crippen molar-refractivity contribution >= 4 is 11.5 Å². The van der Waals surface area contributed by atoms with Crippen LogP contribution >= 0.6 is 11.5 Å². The zero-order chi connectivity index (χ0) is 15.5. The maximum absolute atomic E-state index is 5.39. The fraction of sp³-hybridized carbons (Fsp3) is 0.312. The van der Waals surface area contributed by atoms with Crippen molar-refractivity contribution in [1.82, 2.24) is 19.4 Å². The van der Waals surface area contributed by atoms with Crippen LogP contribution in [0, 0.1) is 0 Å². The Labute approximate surface area is 137 Å². The number of ether oxygens (including phenoxy) is 1. The summed E-state index contributed by atoms with van der Waals surface area (Å²) in [6.45, 7) is 4.48. The van der Waals surface area contributed by atoms with Gasteiger partial charge in [-0.1, -0.05) is 23.4 Å². The van der Waals surface area contributed by atoms with Crippen molar-refractivity contribution in [3.8, 4) is 22.2 Å². The van der Waals surface area contributed by atoms with E-state index in [9.17, 15) is 0 Å². The van der Waals surface area contributed by atoms with Gasteiger partial charge in [0, 0.05) is 31.4 Å². The first-order valence-electron chi connectivity index (χ1n) is 7.53. The molecule has 7 heteroatoms. The quantitative estimate of drug-likeness (QED) is 0.734. The summed E-state index contributed by atoms with van der Waals surface area (Å²) in [5.41, 5.74) is 2.21. The third-order valence-electron chi connectivity index (χ3n) is 3.77. The SMILES string of the molecule is c1cc(CN2CCOCC2)cc(-c2noc(-c3ccns3)n2)c1. The smallest absolute Gasteiger partial charge is 0.269 e. The number of morpholine rings is 1. The molecule has 1 aliphatic heterocycles. The van der Waals surface area contributed by atoms with E-state index in [0.29, 0.717) is 11.7 Å². The van der Waals surface area contributed by atoms with Crippen LogP contribution in [0.4, 0.5) is 0 Å². The van der Waals surface area contributed by atoms with Crippen molar-refractivity contribution in [3.05, 3.63) is 42.1 Å². The number of nitrogens with zero attached hydrogens (tertiary/aromatic N) is 4. The van der Waals surface area contributed by atoms with E-state index in [1.807, 2.05) is 18.2 Å². The molecule has 0 saturated carbocycles. The molecule has 0 radical (unpaired) electrons. The summed E-state index contributed by atoms with van der Waals surface area (Å²) in [7, 11) is 0. The van der Waals surface area contributed by atoms with Crippen LogP contribution in [0.15, 0.2) is 41.1 Å². The molecule has 3 heterocycles. The molecule has 4 rings (SSSR count). The topological polar surface area (TPSA) is 64.3 Å². The van der Waals surface area contributed by atoms with Gasteiger partial charge in [-0.3, -0.25) is 4.90 Å². The van der Waals surface area contributed by atoms with Crippen LogP contribution in [0.5, 0.6) is 0 Å². The average Bonchev–Trinajstić information content (AvgIpc) is 3.28. The van der Waals surface area contributed by atoms with Crippen LogP contribution in [0.1, 0.15) is 5.56 Å². The fourth-order valence-electron chi connectivity index (χ4n) is 2.59. The zero-order valence-corrected chi connectivity index (χ0v) is 13.3. The van der Waals surface area contributed by atoms with E-state index >= 15 is 0 Å². The Morgan fingerprint density at radius 2 is 2.09 bits per heavy atom. The van der Waals surface area contributed by atoms with Crippen molar-refractivity contribution in [2.75, 3.05) is 26.3 Å². The molecule has 0 N–H and O–H groups in total. The molecule has 0 atom stereocenters. The predicted octanol–water partition coefficient (Wildman–Crippen LogP) is 2.69. The summed E-state index contributed by atoms with van der Waals surface area (Å²) >= 11 is 1.35. The van der Waals surface area contributed by atoms with Crippen LogP contribution in [0.25, 0.3) is 22.2 Å². The standard InChI is InChI=1S/C16H16N4O2S/c1-2-12(11-20-6-8-21-9-7-20)10-13(3-1)15-18-16(22-19-15)14-4-5-17-23-14/h1-5,10H,6-9,11H2. The van der Waals surface area contributed by atoms with E-state index < -0.39 is 0 Å². The number of hydrogen-bond acceptors (Lipinski definition) is 7. The highest BCUT2D eigenvalue weighted by atomic mass is 32.1. The summed E-state index contributed by atoms with van der Waals surface area (Å²) in [5.74, 6) is 1.12. The molecule has 0 unspecified atom stereocenters. The van der Waals surface area contributed by atoms with Crippen molar-refractivity contribution < 1.29 is 9.26 Å². The number of rotatable bonds is 4. The molecule has 0 amide bonds. The summed E-state index contributed by atoms with van der Waals surface area (Å²) in [4.78, 5) is 7.74. The normalized spacial score (nSPS) is 15.8. The summed E-state index contributed by atoms with van der Waals surface area (Å²) in [6, 6.07) is 10.2. The fourth-order valence-corrected chi connectivity index (χ4v) is 3.11. The van der Waals surface area contributed by atoms with Gasteiger partial charge in [0.2, 0.25) is 5.82 Å². The lowest BCUT2D eigenvalue weighted by Gasteiger charge is -2.26. The maximum Gasteiger partial charge on any atom is 0.269 e. The first-order valence-corrected chi connectivity index (χ1v) is 8.30. The maximum atomic E-state index is 5.39. The minimum absolute atomic E-state index is 0.515. The Hall–Kier alpha value is -2.09. The van der Waals surface area contributed by atoms with Gasteiger partial charge in [0.25, 0.3) is 5.89 Å². The Balaban J connectivity index is 1.54. The minimum Gasteiger partial charge on any atom is -0.379 e. The van der Waals surface area contributed by atoms with Gasteiger partial charge in [-0.2, -0.15) is 4.98 Å². The average molecular weight is 328 g/mol. The highest BCUT2D eigenvalue weighted by Crippen LogP contribution is 2.25. The molecule has 1 saturated heterocycles. The van der Waals surface area contributed by atoms with Crippen LogP contribution in [-0.4, -0.2) is 45.7 Å². The summed E-state index contributed by atoms with van der Waals surface area (Å²) < 4.78 is 14.8. The van der Waals surface area contributed by atoms with Gasteiger partial charge < -0.3 is 9.26 Å². The second-order valence-corrected chi connectivity index (χ2v) is 6.22. The second kappa shape index (κ2) is 6.57. The van der Waals surface area contributed by atoms with E-state index in [4.69, 9.17) is 9.26 Å². The number of benzene rings is 1. The van der Waals surface area contributed by atoms with Crippen molar-refractivity contribution in [2.24, 2.45) is 0 Å². The van der Waals surface area contributed by atoms with Crippen LogP contribution in [-0.2, 0) is 11.3 Å². The van der Waals surface area contributed by atoms with E-state index in [1.54, 1.807) is 6.20 Å². The Bertz CT molecular complexity index is 766. The molecule has 6 nitrogen and oxygen atoms in total. The Morgan fingerprint density at radius 1 is 1.17 bits per heavy atom. The largest absolute Gasteiger partial charge is 0.379 e. The second-order valence-electron chi connectivity index (χ2n) is 5.39. The highest BCUT2D eigenvalue weighted by molar-refractivity contribution is 7.09. The van der Waals surface area contributed by atoms with Gasteiger partial charge in [-0.15, -0.1) is 0 Å². The predicted molar refractivity (Wildman–Crippen MR) is 86.9 cm³/mol. The van der Waals surface area contributed by atoms with E-state index in [-0.39, 0.29) is 0 Å². The molecule has 118 valence electrons. The molecular weight excluding hydrogens is 312 g/mol. The molecule has 1 fully saturated rings. The van der Waals surface area contributed by atoms with E-state index in [1.165, 1.54) is 17.1 Å². The molecule has 23 heavy (non-hydrogen) atoms. The molecule has 3 aromatic rings. The molecule has 2 aromatic heterocycles. The lowest BCUT2D eigenvalue weighted by atomic mass is 10.1. The third kappa shape index (κ3) is 3.31. The number of hydrogen-bond donors (Lipinski definition) is 0. The summed E-state index contributed by atoms with van der Waals surface area (Å²) in [5, 5.41) is 4.09. The molecule has 0 spiro atoms. The molecule has 0 bridgehead atoms.